The van der Waals surface area contributed by atoms with Crippen LogP contribution in [-0.2, 0) is 10.7 Å². The lowest BCUT2D eigenvalue weighted by molar-refractivity contribution is 0.426. The third kappa shape index (κ3) is 3.23. The minimum atomic E-state index is -2.25. The lowest BCUT2D eigenvalue weighted by atomic mass is 9.96. The molecule has 3 heteroatoms. The fourth-order valence-electron chi connectivity index (χ4n) is 1.35. The molecular weight excluding hydrogens is 160 g/mol. The molecule has 0 heterocycles. The molecule has 0 N–H and O–H groups in total. The molecular formula is C8H18O2S. The Morgan fingerprint density at radius 1 is 1.18 bits per heavy atom. The topological polar surface area (TPSA) is 34.1 Å². The van der Waals surface area contributed by atoms with Gasteiger partial charge in [0.05, 0.1) is 5.25 Å². The molecule has 0 radical (unpaired) electrons. The van der Waals surface area contributed by atoms with Crippen molar-refractivity contribution in [2.45, 2.75) is 39.4 Å². The molecule has 0 spiro atoms. The van der Waals surface area contributed by atoms with Crippen LogP contribution in [0, 0.1) is 11.8 Å². The van der Waals surface area contributed by atoms with Gasteiger partial charge in [0, 0.05) is 0 Å². The largest absolute Gasteiger partial charge is 0.232 e. The van der Waals surface area contributed by atoms with Crippen molar-refractivity contribution in [1.29, 1.82) is 0 Å². The molecule has 2 nitrogen and oxygen atoms in total. The van der Waals surface area contributed by atoms with Crippen LogP contribution in [0.3, 0.4) is 0 Å². The molecule has 2 atom stereocenters. The van der Waals surface area contributed by atoms with E-state index in [2.05, 4.69) is 0 Å². The van der Waals surface area contributed by atoms with Gasteiger partial charge in [0.1, 0.15) is 10.7 Å². The zero-order chi connectivity index (χ0) is 9.02. The van der Waals surface area contributed by atoms with Gasteiger partial charge in [-0.15, -0.1) is 0 Å². The van der Waals surface area contributed by atoms with Crippen LogP contribution >= 0.6 is 0 Å². The van der Waals surface area contributed by atoms with Crippen molar-refractivity contribution in [3.8, 4) is 0 Å². The monoisotopic (exact) mass is 178 g/mol. The van der Waals surface area contributed by atoms with E-state index in [9.17, 15) is 8.42 Å². The normalized spacial score (nSPS) is 17.3. The summed E-state index contributed by atoms with van der Waals surface area (Å²) in [5.74, 6) is 0.530. The standard InChI is InChI=1S/C8H18O2S/c1-5-7(4)8(6(2)3)11(9)10/h6-8,11H,5H2,1-4H3. The van der Waals surface area contributed by atoms with Gasteiger partial charge in [0.25, 0.3) is 0 Å². The SMILES string of the molecule is CCC(C)C(C(C)C)[SH](=O)=O. The summed E-state index contributed by atoms with van der Waals surface area (Å²) >= 11 is 0. The van der Waals surface area contributed by atoms with Crippen molar-refractivity contribution < 1.29 is 8.42 Å². The molecule has 0 saturated heterocycles. The van der Waals surface area contributed by atoms with Gasteiger partial charge in [-0.05, 0) is 11.8 Å². The van der Waals surface area contributed by atoms with Gasteiger partial charge >= 0.3 is 0 Å². The van der Waals surface area contributed by atoms with E-state index in [-0.39, 0.29) is 17.1 Å². The first-order valence-corrected chi connectivity index (χ1v) is 5.38. The van der Waals surface area contributed by atoms with E-state index in [4.69, 9.17) is 0 Å². The van der Waals surface area contributed by atoms with Crippen LogP contribution < -0.4 is 0 Å². The predicted octanol–water partition coefficient (Wildman–Crippen LogP) is 1.67. The second-order valence-electron chi connectivity index (χ2n) is 3.41. The average Bonchev–Trinajstić information content (AvgIpc) is 1.85. The highest BCUT2D eigenvalue weighted by molar-refractivity contribution is 7.73. The summed E-state index contributed by atoms with van der Waals surface area (Å²) in [6.07, 6.45) is 0.937. The molecule has 2 unspecified atom stereocenters. The summed E-state index contributed by atoms with van der Waals surface area (Å²) < 4.78 is 21.6. The van der Waals surface area contributed by atoms with E-state index in [0.717, 1.165) is 6.42 Å². The summed E-state index contributed by atoms with van der Waals surface area (Å²) in [7, 11) is -2.25. The summed E-state index contributed by atoms with van der Waals surface area (Å²) in [6, 6.07) is 0. The molecule has 68 valence electrons. The molecule has 0 aliphatic rings. The van der Waals surface area contributed by atoms with Crippen molar-refractivity contribution >= 4 is 10.7 Å². The Labute approximate surface area is 71.0 Å². The van der Waals surface area contributed by atoms with E-state index in [1.807, 2.05) is 27.7 Å². The molecule has 0 saturated carbocycles. The van der Waals surface area contributed by atoms with Crippen LogP contribution in [0.4, 0.5) is 0 Å². The summed E-state index contributed by atoms with van der Waals surface area (Å²) in [5.41, 5.74) is 0. The van der Waals surface area contributed by atoms with Crippen molar-refractivity contribution in [2.75, 3.05) is 0 Å². The minimum absolute atomic E-state index is 0.144. The van der Waals surface area contributed by atoms with Crippen molar-refractivity contribution in [2.24, 2.45) is 11.8 Å². The number of hydrogen-bond acceptors (Lipinski definition) is 2. The van der Waals surface area contributed by atoms with Crippen molar-refractivity contribution in [1.82, 2.24) is 0 Å². The molecule has 0 aromatic rings. The van der Waals surface area contributed by atoms with Gasteiger partial charge < -0.3 is 0 Å². The van der Waals surface area contributed by atoms with Crippen LogP contribution in [0.1, 0.15) is 34.1 Å². The Balaban J connectivity index is 4.34. The number of rotatable bonds is 4. The highest BCUT2D eigenvalue weighted by Crippen LogP contribution is 2.18. The van der Waals surface area contributed by atoms with Crippen molar-refractivity contribution in [3.63, 3.8) is 0 Å². The van der Waals surface area contributed by atoms with E-state index in [1.165, 1.54) is 0 Å². The van der Waals surface area contributed by atoms with Gasteiger partial charge in [0.2, 0.25) is 0 Å². The first kappa shape index (κ1) is 11.0. The smallest absolute Gasteiger partial charge is 0.143 e. The van der Waals surface area contributed by atoms with Gasteiger partial charge in [-0.1, -0.05) is 34.1 Å². The van der Waals surface area contributed by atoms with Crippen LogP contribution in [-0.4, -0.2) is 13.7 Å². The van der Waals surface area contributed by atoms with E-state index in [0.29, 0.717) is 0 Å². The molecule has 0 aromatic carbocycles. The molecule has 11 heavy (non-hydrogen) atoms. The summed E-state index contributed by atoms with van der Waals surface area (Å²) in [5, 5.41) is -0.144. The third-order valence-corrected chi connectivity index (χ3v) is 3.75. The van der Waals surface area contributed by atoms with Gasteiger partial charge in [-0.25, -0.2) is 8.42 Å². The molecule has 0 fully saturated rings. The molecule has 0 amide bonds. The first-order valence-electron chi connectivity index (χ1n) is 4.14. The van der Waals surface area contributed by atoms with E-state index < -0.39 is 10.7 Å². The van der Waals surface area contributed by atoms with E-state index in [1.54, 1.807) is 0 Å². The Kier molecular flexibility index (Phi) is 4.73. The molecule has 0 aliphatic carbocycles. The molecule has 0 bridgehead atoms. The Bertz CT molecular complexity index is 165. The third-order valence-electron chi connectivity index (χ3n) is 2.15. The van der Waals surface area contributed by atoms with Crippen LogP contribution in [0.5, 0.6) is 0 Å². The summed E-state index contributed by atoms with van der Waals surface area (Å²) in [6.45, 7) is 7.94. The zero-order valence-corrected chi connectivity index (χ0v) is 8.60. The fraction of sp³-hybridized carbons (Fsp3) is 1.00. The van der Waals surface area contributed by atoms with Gasteiger partial charge in [-0.2, -0.15) is 0 Å². The van der Waals surface area contributed by atoms with Crippen LogP contribution in [0.2, 0.25) is 0 Å². The van der Waals surface area contributed by atoms with Gasteiger partial charge in [0.15, 0.2) is 0 Å². The second kappa shape index (κ2) is 4.75. The zero-order valence-electron chi connectivity index (χ0n) is 7.70. The first-order chi connectivity index (χ1) is 5.00. The predicted molar refractivity (Wildman–Crippen MR) is 48.4 cm³/mol. The van der Waals surface area contributed by atoms with Gasteiger partial charge in [-0.3, -0.25) is 0 Å². The quantitative estimate of drug-likeness (QED) is 0.664. The lowest BCUT2D eigenvalue weighted by Crippen LogP contribution is -2.25. The molecule has 0 rings (SSSR count). The molecule has 0 aromatic heterocycles. The highest BCUT2D eigenvalue weighted by Gasteiger charge is 2.21. The molecule has 0 aliphatic heterocycles. The van der Waals surface area contributed by atoms with Crippen LogP contribution in [0.25, 0.3) is 0 Å². The Morgan fingerprint density at radius 2 is 1.64 bits per heavy atom. The Hall–Kier alpha value is -0.0500. The van der Waals surface area contributed by atoms with E-state index >= 15 is 0 Å². The average molecular weight is 178 g/mol. The van der Waals surface area contributed by atoms with Crippen molar-refractivity contribution in [3.05, 3.63) is 0 Å². The summed E-state index contributed by atoms with van der Waals surface area (Å²) in [4.78, 5) is 0. The Morgan fingerprint density at radius 3 is 1.73 bits per heavy atom. The number of thiol groups is 1. The lowest BCUT2D eigenvalue weighted by Gasteiger charge is -2.20. The highest BCUT2D eigenvalue weighted by atomic mass is 32.2. The van der Waals surface area contributed by atoms with Crippen LogP contribution in [0.15, 0.2) is 0 Å². The maximum absolute atomic E-state index is 10.8. The maximum Gasteiger partial charge on any atom is 0.143 e. The fourth-order valence-corrected chi connectivity index (χ4v) is 2.46. The maximum atomic E-state index is 10.8. The second-order valence-corrected chi connectivity index (χ2v) is 4.57. The number of hydrogen-bond donors (Lipinski definition) is 1. The minimum Gasteiger partial charge on any atom is -0.232 e.